The quantitative estimate of drug-likeness (QED) is 0.0894. The number of hydrogen-bond donors (Lipinski definition) is 0. The van der Waals surface area contributed by atoms with Crippen LogP contribution in [-0.2, 0) is 0 Å². The summed E-state index contributed by atoms with van der Waals surface area (Å²) < 4.78 is 41.7. The van der Waals surface area contributed by atoms with E-state index in [0.717, 1.165) is 49.0 Å². The highest BCUT2D eigenvalue weighted by Crippen LogP contribution is 2.53. The second kappa shape index (κ2) is 38.9. The molecule has 0 bridgehead atoms. The molecule has 0 aromatic heterocycles. The van der Waals surface area contributed by atoms with E-state index in [4.69, 9.17) is 6.85 Å². The fourth-order valence-electron chi connectivity index (χ4n) is 24.0. The highest BCUT2D eigenvalue weighted by Gasteiger charge is 2.26. The van der Waals surface area contributed by atoms with E-state index in [2.05, 4.69) is 528 Å². The largest absolute Gasteiger partial charge is 0.0629 e. The zero-order valence-corrected chi connectivity index (χ0v) is 82.2. The first-order valence-electron chi connectivity index (χ1n) is 54.1. The van der Waals surface area contributed by atoms with E-state index in [-0.39, 0.29) is 35.8 Å². The van der Waals surface area contributed by atoms with Gasteiger partial charge in [-0.25, -0.2) is 0 Å². The maximum Gasteiger partial charge on any atom is 0.0629 e. The average Bonchev–Trinajstić information content (AvgIpc) is 0.716. The van der Waals surface area contributed by atoms with E-state index in [0.29, 0.717) is 5.56 Å². The average molecular weight is 1910 g/mol. The van der Waals surface area contributed by atoms with Gasteiger partial charge in [0.25, 0.3) is 0 Å². The first-order chi connectivity index (χ1) is 76.6. The molecule has 150 heavy (non-hydrogen) atoms. The fraction of sp³-hybridized carbons (Fsp3) is 0. The summed E-state index contributed by atoms with van der Waals surface area (Å²) in [5, 5.41) is 37.4. The second-order valence-electron chi connectivity index (χ2n) is 38.8. The van der Waals surface area contributed by atoms with Gasteiger partial charge in [0.1, 0.15) is 0 Å². The number of benzene rings is 30. The van der Waals surface area contributed by atoms with E-state index in [9.17, 15) is 0 Å². The van der Waals surface area contributed by atoms with Gasteiger partial charge in [-0.2, -0.15) is 0 Å². The summed E-state index contributed by atoms with van der Waals surface area (Å²) >= 11 is 0. The summed E-state index contributed by atoms with van der Waals surface area (Å²) in [4.78, 5) is 0. The summed E-state index contributed by atoms with van der Waals surface area (Å²) in [6.45, 7) is 0. The Kier molecular flexibility index (Phi) is 21.8. The standard InChI is InChI=1S/C44H28.2C36H24.C34H22/c1-2-12-30(13-3-1)43-38-18-8-10-20-40(38)44(41-21-11-9-19-39(41)43)31-24-22-29(23-25-31)32-26-27-37-35-16-5-4-14-33(35)34-15-6-7-17-36(34)42(37)28-32;2*1-3-13-25(14-4-1)27-23-24-34(29-18-8-7-17-28(27)29)36-32-21-11-9-19-30(32)35(26-15-5-2-6-16-26)31-20-10-12-22-33(31)36;1-2-11-24(12-3-1)33-29-14-6-8-16-31(29)34(32-17-9-7-15-30(32)33)26-20-21-28-25(22-26)19-18-23-10-4-5-13-27(23)28/h1-28H;2*1-24H;1-22H/i;1D,3D,4D,13D,14D;;. The van der Waals surface area contributed by atoms with Crippen molar-refractivity contribution < 1.29 is 6.85 Å². The molecular weight excluding hydrogens is 1800 g/mol. The molecule has 30 aromatic carbocycles. The van der Waals surface area contributed by atoms with Crippen molar-refractivity contribution in [3.63, 3.8) is 0 Å². The van der Waals surface area contributed by atoms with Gasteiger partial charge >= 0.3 is 0 Å². The van der Waals surface area contributed by atoms with Gasteiger partial charge < -0.3 is 0 Å². The molecule has 0 amide bonds. The van der Waals surface area contributed by atoms with Gasteiger partial charge in [-0.1, -0.05) is 582 Å². The van der Waals surface area contributed by atoms with Crippen LogP contribution in [0.4, 0.5) is 0 Å². The van der Waals surface area contributed by atoms with Crippen LogP contribution < -0.4 is 0 Å². The van der Waals surface area contributed by atoms with Crippen LogP contribution in [0.3, 0.4) is 0 Å². The number of rotatable bonds is 11. The monoisotopic (exact) mass is 1900 g/mol. The molecule has 0 aliphatic carbocycles. The Balaban J connectivity index is 0.000000101. The lowest BCUT2D eigenvalue weighted by atomic mass is 9.84. The maximum atomic E-state index is 8.61. The topological polar surface area (TPSA) is 0 Å². The molecule has 0 heteroatoms. The molecule has 0 aliphatic heterocycles. The molecule has 0 saturated carbocycles. The zero-order valence-electron chi connectivity index (χ0n) is 87.2. The van der Waals surface area contributed by atoms with Crippen LogP contribution in [-0.4, -0.2) is 0 Å². The fourth-order valence-corrected chi connectivity index (χ4v) is 24.0. The predicted molar refractivity (Wildman–Crippen MR) is 648 cm³/mol. The van der Waals surface area contributed by atoms with E-state index >= 15 is 0 Å². The molecule has 0 spiro atoms. The van der Waals surface area contributed by atoms with Crippen LogP contribution in [0.15, 0.2) is 594 Å². The lowest BCUT2D eigenvalue weighted by molar-refractivity contribution is 1.63. The Hall–Kier alpha value is -19.5. The minimum absolute atomic E-state index is 0.197. The Labute approximate surface area is 878 Å². The van der Waals surface area contributed by atoms with Crippen molar-refractivity contribution in [2.45, 2.75) is 0 Å². The van der Waals surface area contributed by atoms with Gasteiger partial charge in [0, 0.05) is 0 Å². The van der Waals surface area contributed by atoms with E-state index in [1.54, 1.807) is 0 Å². The smallest absolute Gasteiger partial charge is 0.0622 e. The first-order valence-corrected chi connectivity index (χ1v) is 51.6. The lowest BCUT2D eigenvalue weighted by Crippen LogP contribution is -1.92. The van der Waals surface area contributed by atoms with Gasteiger partial charge in [0.05, 0.1) is 6.85 Å². The summed E-state index contributed by atoms with van der Waals surface area (Å²) in [6.07, 6.45) is 0. The van der Waals surface area contributed by atoms with Crippen LogP contribution in [0, 0.1) is 0 Å². The van der Waals surface area contributed by atoms with Crippen molar-refractivity contribution in [3.05, 3.63) is 594 Å². The highest BCUT2D eigenvalue weighted by atomic mass is 14.3. The van der Waals surface area contributed by atoms with Crippen LogP contribution in [0.1, 0.15) is 6.85 Å². The second-order valence-corrected chi connectivity index (χ2v) is 38.8. The molecule has 698 valence electrons. The van der Waals surface area contributed by atoms with Gasteiger partial charge in [-0.15, -0.1) is 0 Å². The third-order valence-electron chi connectivity index (χ3n) is 30.5. The summed E-state index contributed by atoms with van der Waals surface area (Å²) in [7, 11) is 0. The van der Waals surface area contributed by atoms with E-state index in [1.807, 2.05) is 36.4 Å². The van der Waals surface area contributed by atoms with Gasteiger partial charge in [0.15, 0.2) is 0 Å². The van der Waals surface area contributed by atoms with Crippen molar-refractivity contribution in [2.75, 3.05) is 0 Å². The molecular formula is C150H98. The minimum Gasteiger partial charge on any atom is -0.0622 e. The van der Waals surface area contributed by atoms with Gasteiger partial charge in [-0.05, 0) is 296 Å². The van der Waals surface area contributed by atoms with E-state index in [1.165, 1.54) is 224 Å². The third kappa shape index (κ3) is 15.9. The Morgan fingerprint density at radius 1 is 0.0933 bits per heavy atom. The lowest BCUT2D eigenvalue weighted by Gasteiger charge is -2.19. The molecule has 0 fully saturated rings. The first kappa shape index (κ1) is 83.9. The molecule has 0 N–H and O–H groups in total. The summed E-state index contributed by atoms with van der Waals surface area (Å²) in [5.41, 5.74) is 25.6. The van der Waals surface area contributed by atoms with Crippen molar-refractivity contribution in [1.29, 1.82) is 0 Å². The number of hydrogen-bond acceptors (Lipinski definition) is 0. The van der Waals surface area contributed by atoms with Crippen LogP contribution >= 0.6 is 0 Å². The number of fused-ring (bicyclic) bond motifs is 19. The molecule has 0 unspecified atom stereocenters. The highest BCUT2D eigenvalue weighted by molar-refractivity contribution is 6.30. The molecule has 0 nitrogen and oxygen atoms in total. The predicted octanol–water partition coefficient (Wildman–Crippen LogP) is 42.4. The molecule has 0 aliphatic rings. The van der Waals surface area contributed by atoms with Crippen molar-refractivity contribution in [3.8, 4) is 122 Å². The van der Waals surface area contributed by atoms with Gasteiger partial charge in [-0.3, -0.25) is 0 Å². The van der Waals surface area contributed by atoms with Crippen molar-refractivity contribution >= 4 is 162 Å². The van der Waals surface area contributed by atoms with Crippen LogP contribution in [0.5, 0.6) is 0 Å². The van der Waals surface area contributed by atoms with Gasteiger partial charge in [0.2, 0.25) is 0 Å². The Morgan fingerprint density at radius 2 is 0.300 bits per heavy atom. The SMILES string of the molecule is [2H]c1c([2H])c([2H])c(-c2ccc(-c3c4ccccc4c(-c4ccccc4)c4ccccc34)c3ccccc23)c([2H])c1[2H].c1ccc(-c2c3ccccc3c(-c3ccc(-c4ccc5c6ccccc6c6ccccc6c5c4)cc3)c3ccccc23)cc1.c1ccc(-c2c3ccccc3c(-c3ccc4c(ccc5ccccc54)c3)c3ccccc23)cc1.c1ccc(-c2ccc(-c3c4ccccc4c(-c4ccccc4)c4ccccc34)c3ccccc23)cc1. The van der Waals surface area contributed by atoms with E-state index < -0.39 is 0 Å². The Bertz CT molecular complexity index is 10500. The molecule has 0 heterocycles. The normalized spacial score (nSPS) is 11.9. The van der Waals surface area contributed by atoms with Crippen molar-refractivity contribution in [2.24, 2.45) is 0 Å². The summed E-state index contributed by atoms with van der Waals surface area (Å²) in [6, 6.07) is 201. The summed E-state index contributed by atoms with van der Waals surface area (Å²) in [5.74, 6) is 0. The Morgan fingerprint density at radius 3 is 0.640 bits per heavy atom. The zero-order chi connectivity index (χ0) is 104. The minimum atomic E-state index is -0.388. The van der Waals surface area contributed by atoms with Crippen LogP contribution in [0.25, 0.3) is 284 Å². The molecule has 0 saturated heterocycles. The van der Waals surface area contributed by atoms with Crippen molar-refractivity contribution in [1.82, 2.24) is 0 Å². The van der Waals surface area contributed by atoms with Crippen LogP contribution in [0.2, 0.25) is 0 Å². The third-order valence-corrected chi connectivity index (χ3v) is 30.5. The molecule has 30 rings (SSSR count). The molecule has 0 atom stereocenters. The maximum absolute atomic E-state index is 8.61. The molecule has 30 aromatic rings. The molecule has 0 radical (unpaired) electrons.